The molecule has 1 amide bonds. The van der Waals surface area contributed by atoms with Crippen molar-refractivity contribution < 1.29 is 9.18 Å². The number of benzene rings is 1. The van der Waals surface area contributed by atoms with E-state index >= 15 is 0 Å². The number of pyridine rings is 1. The molecule has 1 aromatic heterocycles. The molecular formula is C19H21FN2O2. The highest BCUT2D eigenvalue weighted by atomic mass is 19.1. The van der Waals surface area contributed by atoms with Crippen LogP contribution >= 0.6 is 0 Å². The highest BCUT2D eigenvalue weighted by Gasteiger charge is 2.25. The van der Waals surface area contributed by atoms with Gasteiger partial charge in [-0.3, -0.25) is 9.59 Å². The number of piperidine rings is 1. The summed E-state index contributed by atoms with van der Waals surface area (Å²) >= 11 is 0. The van der Waals surface area contributed by atoms with Crippen molar-refractivity contribution in [2.75, 3.05) is 13.1 Å². The second-order valence-electron chi connectivity index (χ2n) is 6.43. The van der Waals surface area contributed by atoms with Gasteiger partial charge in [-0.1, -0.05) is 6.07 Å². The molecule has 0 radical (unpaired) electrons. The van der Waals surface area contributed by atoms with E-state index in [2.05, 4.69) is 0 Å². The van der Waals surface area contributed by atoms with Gasteiger partial charge in [-0.05, 0) is 55.0 Å². The molecule has 0 saturated carbocycles. The third-order valence-electron chi connectivity index (χ3n) is 4.81. The Morgan fingerprint density at radius 1 is 1.17 bits per heavy atom. The van der Waals surface area contributed by atoms with Crippen LogP contribution in [0.1, 0.15) is 40.2 Å². The van der Waals surface area contributed by atoms with Gasteiger partial charge in [0.15, 0.2) is 0 Å². The minimum atomic E-state index is -0.390. The average Bonchev–Trinajstić information content (AvgIpc) is 2.59. The van der Waals surface area contributed by atoms with Crippen molar-refractivity contribution in [1.82, 2.24) is 9.47 Å². The number of carbonyl (C=O) groups is 1. The maximum Gasteiger partial charge on any atom is 0.254 e. The van der Waals surface area contributed by atoms with Crippen molar-refractivity contribution in [2.45, 2.75) is 25.7 Å². The van der Waals surface area contributed by atoms with E-state index in [-0.39, 0.29) is 23.2 Å². The van der Waals surface area contributed by atoms with Crippen molar-refractivity contribution in [2.24, 2.45) is 7.05 Å². The van der Waals surface area contributed by atoms with E-state index in [1.807, 2.05) is 13.0 Å². The Labute approximate surface area is 140 Å². The van der Waals surface area contributed by atoms with E-state index < -0.39 is 0 Å². The van der Waals surface area contributed by atoms with Crippen LogP contribution in [0.4, 0.5) is 4.39 Å². The first-order chi connectivity index (χ1) is 11.5. The number of rotatable bonds is 2. The molecule has 1 saturated heterocycles. The lowest BCUT2D eigenvalue weighted by molar-refractivity contribution is 0.0711. The van der Waals surface area contributed by atoms with Crippen LogP contribution in [-0.4, -0.2) is 28.5 Å². The molecule has 1 fully saturated rings. The number of carbonyl (C=O) groups excluding carboxylic acids is 1. The number of hydrogen-bond donors (Lipinski definition) is 0. The fraction of sp³-hybridized carbons (Fsp3) is 0.368. The zero-order valence-electron chi connectivity index (χ0n) is 14.0. The molecule has 5 heteroatoms. The molecule has 1 aliphatic heterocycles. The summed E-state index contributed by atoms with van der Waals surface area (Å²) in [5, 5.41) is 0. The van der Waals surface area contributed by atoms with E-state index in [1.54, 1.807) is 34.8 Å². The summed E-state index contributed by atoms with van der Waals surface area (Å²) in [7, 11) is 1.73. The van der Waals surface area contributed by atoms with Crippen molar-refractivity contribution >= 4 is 5.91 Å². The van der Waals surface area contributed by atoms with Gasteiger partial charge in [-0.2, -0.15) is 0 Å². The van der Waals surface area contributed by atoms with Gasteiger partial charge in [-0.25, -0.2) is 4.39 Å². The predicted molar refractivity (Wildman–Crippen MR) is 90.7 cm³/mol. The minimum absolute atomic E-state index is 0.0126. The Morgan fingerprint density at radius 3 is 2.54 bits per heavy atom. The van der Waals surface area contributed by atoms with E-state index in [1.165, 1.54) is 12.1 Å². The first kappa shape index (κ1) is 16.4. The van der Waals surface area contributed by atoms with Gasteiger partial charge < -0.3 is 9.47 Å². The van der Waals surface area contributed by atoms with Gasteiger partial charge in [0.25, 0.3) is 11.5 Å². The van der Waals surface area contributed by atoms with E-state index in [4.69, 9.17) is 0 Å². The molecule has 0 aliphatic carbocycles. The Hall–Kier alpha value is -2.43. The van der Waals surface area contributed by atoms with Gasteiger partial charge in [-0.15, -0.1) is 0 Å². The zero-order valence-corrected chi connectivity index (χ0v) is 14.0. The third-order valence-corrected chi connectivity index (χ3v) is 4.81. The third kappa shape index (κ3) is 3.25. The van der Waals surface area contributed by atoms with Crippen molar-refractivity contribution in [3.05, 3.63) is 69.4 Å². The fourth-order valence-electron chi connectivity index (χ4n) is 3.23. The molecule has 0 bridgehead atoms. The monoisotopic (exact) mass is 328 g/mol. The van der Waals surface area contributed by atoms with Crippen LogP contribution in [0.15, 0.2) is 41.3 Å². The maximum atomic E-state index is 13.4. The van der Waals surface area contributed by atoms with Crippen LogP contribution in [-0.2, 0) is 7.05 Å². The lowest BCUT2D eigenvalue weighted by Gasteiger charge is -2.32. The van der Waals surface area contributed by atoms with Crippen LogP contribution < -0.4 is 5.56 Å². The van der Waals surface area contributed by atoms with Crippen molar-refractivity contribution in [1.29, 1.82) is 0 Å². The van der Waals surface area contributed by atoms with Gasteiger partial charge in [0.05, 0.1) is 0 Å². The lowest BCUT2D eigenvalue weighted by Crippen LogP contribution is -2.38. The smallest absolute Gasteiger partial charge is 0.254 e. The van der Waals surface area contributed by atoms with Gasteiger partial charge in [0.2, 0.25) is 0 Å². The maximum absolute atomic E-state index is 13.4. The summed E-state index contributed by atoms with van der Waals surface area (Å²) in [6, 6.07) is 7.97. The molecule has 0 N–H and O–H groups in total. The standard InChI is InChI=1S/C19H21FN2O2/c1-13-3-4-16(20)12-17(13)19(24)22-9-6-14(7-10-22)15-5-8-21(2)18(23)11-15/h3-5,8,11-12,14H,6-7,9-10H2,1-2H3. The summed E-state index contributed by atoms with van der Waals surface area (Å²) in [4.78, 5) is 26.2. The number of amides is 1. The van der Waals surface area contributed by atoms with Crippen molar-refractivity contribution in [3.8, 4) is 0 Å². The number of halogens is 1. The molecule has 4 nitrogen and oxygen atoms in total. The molecule has 0 spiro atoms. The van der Waals surface area contributed by atoms with Crippen molar-refractivity contribution in [3.63, 3.8) is 0 Å². The average molecular weight is 328 g/mol. The summed E-state index contributed by atoms with van der Waals surface area (Å²) < 4.78 is 15.0. The van der Waals surface area contributed by atoms with E-state index in [0.29, 0.717) is 18.7 Å². The highest BCUT2D eigenvalue weighted by molar-refractivity contribution is 5.95. The molecule has 3 rings (SSSR count). The summed E-state index contributed by atoms with van der Waals surface area (Å²) in [5.74, 6) is -0.218. The number of aromatic nitrogens is 1. The fourth-order valence-corrected chi connectivity index (χ4v) is 3.23. The molecular weight excluding hydrogens is 307 g/mol. The number of nitrogens with zero attached hydrogens (tertiary/aromatic N) is 2. The van der Waals surface area contributed by atoms with Gasteiger partial charge >= 0.3 is 0 Å². The molecule has 2 aromatic rings. The molecule has 126 valence electrons. The summed E-state index contributed by atoms with van der Waals surface area (Å²) in [6.07, 6.45) is 3.41. The first-order valence-corrected chi connectivity index (χ1v) is 8.17. The van der Waals surface area contributed by atoms with Gasteiger partial charge in [0, 0.05) is 38.0 Å². The van der Waals surface area contributed by atoms with Crippen LogP contribution in [0.25, 0.3) is 0 Å². The second-order valence-corrected chi connectivity index (χ2v) is 6.43. The molecule has 1 aromatic carbocycles. The van der Waals surface area contributed by atoms with Crippen LogP contribution in [0, 0.1) is 12.7 Å². The molecule has 1 aliphatic rings. The predicted octanol–water partition coefficient (Wildman–Crippen LogP) is 2.85. The first-order valence-electron chi connectivity index (χ1n) is 8.17. The SMILES string of the molecule is Cc1ccc(F)cc1C(=O)N1CCC(c2ccn(C)c(=O)c2)CC1. The number of aryl methyl sites for hydroxylation is 2. The minimum Gasteiger partial charge on any atom is -0.339 e. The quantitative estimate of drug-likeness (QED) is 0.851. The van der Waals surface area contributed by atoms with Crippen LogP contribution in [0.3, 0.4) is 0 Å². The van der Waals surface area contributed by atoms with E-state index in [9.17, 15) is 14.0 Å². The Kier molecular flexibility index (Phi) is 4.51. The van der Waals surface area contributed by atoms with E-state index in [0.717, 1.165) is 24.0 Å². The van der Waals surface area contributed by atoms with Gasteiger partial charge in [0.1, 0.15) is 5.82 Å². The summed E-state index contributed by atoms with van der Waals surface area (Å²) in [6.45, 7) is 3.06. The molecule has 0 atom stereocenters. The second kappa shape index (κ2) is 6.59. The molecule has 0 unspecified atom stereocenters. The Morgan fingerprint density at radius 2 is 1.88 bits per heavy atom. The largest absolute Gasteiger partial charge is 0.339 e. The number of hydrogen-bond acceptors (Lipinski definition) is 2. The Balaban J connectivity index is 1.70. The molecule has 2 heterocycles. The zero-order chi connectivity index (χ0) is 17.3. The number of likely N-dealkylation sites (tertiary alicyclic amines) is 1. The Bertz CT molecular complexity index is 820. The lowest BCUT2D eigenvalue weighted by atomic mass is 9.89. The normalized spacial score (nSPS) is 15.5. The summed E-state index contributed by atoms with van der Waals surface area (Å²) in [5.41, 5.74) is 2.24. The molecule has 24 heavy (non-hydrogen) atoms. The topological polar surface area (TPSA) is 42.3 Å². The van der Waals surface area contributed by atoms with Crippen LogP contribution in [0.2, 0.25) is 0 Å². The highest BCUT2D eigenvalue weighted by Crippen LogP contribution is 2.28. The van der Waals surface area contributed by atoms with Crippen LogP contribution in [0.5, 0.6) is 0 Å².